The zero-order chi connectivity index (χ0) is 15.1. The second-order valence-electron chi connectivity index (χ2n) is 4.66. The van der Waals surface area contributed by atoms with E-state index in [2.05, 4.69) is 27.5 Å². The molecule has 21 heavy (non-hydrogen) atoms. The Bertz CT molecular complexity index is 554. The summed E-state index contributed by atoms with van der Waals surface area (Å²) in [4.78, 5) is 20.7. The highest BCUT2D eigenvalue weighted by atomic mass is 32.1. The van der Waals surface area contributed by atoms with E-state index in [1.165, 1.54) is 0 Å². The Morgan fingerprint density at radius 3 is 2.76 bits per heavy atom. The molecule has 0 fully saturated rings. The van der Waals surface area contributed by atoms with Gasteiger partial charge in [-0.2, -0.15) is 0 Å². The molecule has 0 aliphatic rings. The summed E-state index contributed by atoms with van der Waals surface area (Å²) in [5.74, 6) is -0.168. The normalized spacial score (nSPS) is 11.9. The van der Waals surface area contributed by atoms with Gasteiger partial charge in [-0.15, -0.1) is 11.3 Å². The summed E-state index contributed by atoms with van der Waals surface area (Å²) in [6, 6.07) is 3.56. The van der Waals surface area contributed by atoms with Crippen molar-refractivity contribution in [3.05, 3.63) is 40.6 Å². The lowest BCUT2D eigenvalue weighted by Crippen LogP contribution is -2.28. The van der Waals surface area contributed by atoms with Crippen LogP contribution in [0, 0.1) is 0 Å². The highest BCUT2D eigenvalue weighted by molar-refractivity contribution is 7.09. The van der Waals surface area contributed by atoms with Crippen molar-refractivity contribution >= 4 is 22.9 Å². The average Bonchev–Trinajstić information content (AvgIpc) is 3.05. The molecule has 2 N–H and O–H groups in total. The van der Waals surface area contributed by atoms with Gasteiger partial charge >= 0.3 is 0 Å². The van der Waals surface area contributed by atoms with E-state index in [1.807, 2.05) is 18.4 Å². The van der Waals surface area contributed by atoms with Crippen LogP contribution in [0.25, 0.3) is 0 Å². The Morgan fingerprint density at radius 2 is 2.19 bits per heavy atom. The zero-order valence-corrected chi connectivity index (χ0v) is 13.1. The van der Waals surface area contributed by atoms with Crippen LogP contribution in [0.4, 0.5) is 5.69 Å². The Balaban J connectivity index is 1.99. The second kappa shape index (κ2) is 7.73. The number of nitrogens with zero attached hydrogens (tertiary/aromatic N) is 2. The average molecular weight is 304 g/mol. The minimum absolute atomic E-state index is 0.0582. The maximum absolute atomic E-state index is 12.2. The number of thiazole rings is 1. The van der Waals surface area contributed by atoms with Crippen LogP contribution in [-0.4, -0.2) is 22.4 Å². The molecule has 2 rings (SSSR count). The Hall–Kier alpha value is -1.95. The summed E-state index contributed by atoms with van der Waals surface area (Å²) in [5, 5.41) is 9.04. The Kier molecular flexibility index (Phi) is 5.68. The van der Waals surface area contributed by atoms with Gasteiger partial charge in [0.1, 0.15) is 10.7 Å². The topological polar surface area (TPSA) is 66.9 Å². The van der Waals surface area contributed by atoms with Crippen LogP contribution in [0.15, 0.2) is 29.9 Å². The number of nitrogens with one attached hydrogen (secondary N) is 2. The molecular formula is C15H20N4OS. The van der Waals surface area contributed by atoms with Crippen molar-refractivity contribution in [1.82, 2.24) is 15.3 Å². The van der Waals surface area contributed by atoms with E-state index >= 15 is 0 Å². The van der Waals surface area contributed by atoms with Gasteiger partial charge in [-0.25, -0.2) is 9.97 Å². The molecule has 0 bridgehead atoms. The number of amides is 1. The zero-order valence-electron chi connectivity index (χ0n) is 12.3. The third-order valence-corrected chi connectivity index (χ3v) is 3.93. The number of anilines is 1. The largest absolute Gasteiger partial charge is 0.384 e. The molecule has 1 unspecified atom stereocenters. The van der Waals surface area contributed by atoms with Gasteiger partial charge in [-0.3, -0.25) is 4.79 Å². The highest BCUT2D eigenvalue weighted by Crippen LogP contribution is 2.19. The molecule has 0 aliphatic carbocycles. The van der Waals surface area contributed by atoms with Crippen LogP contribution in [0.5, 0.6) is 0 Å². The molecule has 0 spiro atoms. The molecule has 2 aromatic heterocycles. The third kappa shape index (κ3) is 4.26. The fourth-order valence-corrected chi connectivity index (χ4v) is 2.65. The van der Waals surface area contributed by atoms with Crippen molar-refractivity contribution in [2.24, 2.45) is 0 Å². The summed E-state index contributed by atoms with van der Waals surface area (Å²) >= 11 is 1.55. The molecule has 2 heterocycles. The van der Waals surface area contributed by atoms with E-state index in [4.69, 9.17) is 0 Å². The molecule has 0 aromatic carbocycles. The van der Waals surface area contributed by atoms with Crippen LogP contribution in [-0.2, 0) is 0 Å². The lowest BCUT2D eigenvalue weighted by atomic mass is 10.2. The molecule has 112 valence electrons. The highest BCUT2D eigenvalue weighted by Gasteiger charge is 2.16. The van der Waals surface area contributed by atoms with E-state index in [-0.39, 0.29) is 11.9 Å². The predicted octanol–water partition coefficient (Wildman–Crippen LogP) is 3.24. The van der Waals surface area contributed by atoms with Gasteiger partial charge in [0, 0.05) is 18.1 Å². The number of aromatic nitrogens is 2. The maximum atomic E-state index is 12.2. The molecule has 1 amide bonds. The SMILES string of the molecule is CCCNc1ccc(C(=O)NC(CC)c2nccs2)nc1. The molecule has 5 nitrogen and oxygen atoms in total. The summed E-state index contributed by atoms with van der Waals surface area (Å²) < 4.78 is 0. The number of hydrogen-bond acceptors (Lipinski definition) is 5. The van der Waals surface area contributed by atoms with Crippen LogP contribution in [0.3, 0.4) is 0 Å². The summed E-state index contributed by atoms with van der Waals surface area (Å²) in [6.07, 6.45) is 5.29. The maximum Gasteiger partial charge on any atom is 0.270 e. The van der Waals surface area contributed by atoms with Gasteiger partial charge < -0.3 is 10.6 Å². The van der Waals surface area contributed by atoms with Crippen molar-refractivity contribution in [3.8, 4) is 0 Å². The molecular weight excluding hydrogens is 284 g/mol. The molecule has 0 radical (unpaired) electrons. The summed E-state index contributed by atoms with van der Waals surface area (Å²) in [5.41, 5.74) is 1.35. The smallest absolute Gasteiger partial charge is 0.270 e. The first-order valence-electron chi connectivity index (χ1n) is 7.14. The first-order chi connectivity index (χ1) is 10.2. The predicted molar refractivity (Wildman–Crippen MR) is 85.6 cm³/mol. The minimum Gasteiger partial charge on any atom is -0.384 e. The van der Waals surface area contributed by atoms with Crippen molar-refractivity contribution in [2.45, 2.75) is 32.7 Å². The van der Waals surface area contributed by atoms with Crippen molar-refractivity contribution < 1.29 is 4.79 Å². The summed E-state index contributed by atoms with van der Waals surface area (Å²) in [7, 11) is 0. The van der Waals surface area contributed by atoms with Crippen LogP contribution < -0.4 is 10.6 Å². The van der Waals surface area contributed by atoms with Crippen LogP contribution in [0.2, 0.25) is 0 Å². The van der Waals surface area contributed by atoms with E-state index in [9.17, 15) is 4.79 Å². The molecule has 0 saturated heterocycles. The number of hydrogen-bond donors (Lipinski definition) is 2. The number of pyridine rings is 1. The fourth-order valence-electron chi connectivity index (χ4n) is 1.88. The molecule has 1 atom stereocenters. The van der Waals surface area contributed by atoms with Gasteiger partial charge in [-0.05, 0) is 25.0 Å². The molecule has 2 aromatic rings. The van der Waals surface area contributed by atoms with Gasteiger partial charge in [0.25, 0.3) is 5.91 Å². The lowest BCUT2D eigenvalue weighted by molar-refractivity contribution is 0.0930. The molecule has 0 saturated carbocycles. The van der Waals surface area contributed by atoms with Gasteiger partial charge in [0.15, 0.2) is 0 Å². The number of carbonyl (C=O) groups excluding carboxylic acids is 1. The minimum atomic E-state index is -0.168. The summed E-state index contributed by atoms with van der Waals surface area (Å²) in [6.45, 7) is 5.03. The van der Waals surface area contributed by atoms with Crippen molar-refractivity contribution in [3.63, 3.8) is 0 Å². The second-order valence-corrected chi connectivity index (χ2v) is 5.59. The monoisotopic (exact) mass is 304 g/mol. The van der Waals surface area contributed by atoms with E-state index in [0.717, 1.165) is 30.1 Å². The van der Waals surface area contributed by atoms with E-state index in [1.54, 1.807) is 29.8 Å². The standard InChI is InChI=1S/C15H20N4OS/c1-3-7-16-11-5-6-13(18-10-11)14(20)19-12(4-2)15-17-8-9-21-15/h5-6,8-10,12,16H,3-4,7H2,1-2H3,(H,19,20). The van der Waals surface area contributed by atoms with Crippen molar-refractivity contribution in [2.75, 3.05) is 11.9 Å². The first-order valence-corrected chi connectivity index (χ1v) is 8.02. The van der Waals surface area contributed by atoms with Crippen LogP contribution >= 0.6 is 11.3 Å². The molecule has 6 heteroatoms. The van der Waals surface area contributed by atoms with E-state index in [0.29, 0.717) is 5.69 Å². The quantitative estimate of drug-likeness (QED) is 0.824. The van der Waals surface area contributed by atoms with Gasteiger partial charge in [0.2, 0.25) is 0 Å². The first kappa shape index (κ1) is 15.4. The molecule has 0 aliphatic heterocycles. The number of rotatable bonds is 7. The number of carbonyl (C=O) groups is 1. The van der Waals surface area contributed by atoms with Crippen LogP contribution in [0.1, 0.15) is 48.2 Å². The Labute approximate surface area is 128 Å². The third-order valence-electron chi connectivity index (χ3n) is 3.04. The van der Waals surface area contributed by atoms with Gasteiger partial charge in [0.05, 0.1) is 17.9 Å². The lowest BCUT2D eigenvalue weighted by Gasteiger charge is -2.14. The fraction of sp³-hybridized carbons (Fsp3) is 0.400. The Morgan fingerprint density at radius 1 is 1.33 bits per heavy atom. The van der Waals surface area contributed by atoms with Gasteiger partial charge in [-0.1, -0.05) is 13.8 Å². The van der Waals surface area contributed by atoms with Crippen molar-refractivity contribution in [1.29, 1.82) is 0 Å². The van der Waals surface area contributed by atoms with E-state index < -0.39 is 0 Å².